The molecular formula is C31H21F3. The maximum Gasteiger partial charge on any atom is 0.159 e. The summed E-state index contributed by atoms with van der Waals surface area (Å²) < 4.78 is 41.2. The molecule has 0 atom stereocenters. The molecule has 34 heavy (non-hydrogen) atoms. The van der Waals surface area contributed by atoms with Crippen LogP contribution in [0.15, 0.2) is 84.9 Å². The third-order valence-corrected chi connectivity index (χ3v) is 5.33. The Morgan fingerprint density at radius 1 is 0.618 bits per heavy atom. The molecule has 0 saturated heterocycles. The number of hydrogen-bond donors (Lipinski definition) is 0. The molecule has 4 aromatic carbocycles. The van der Waals surface area contributed by atoms with E-state index >= 15 is 0 Å². The SMILES string of the molecule is C/C=C/CCc1ccc(C#Cc2ccc(C#Cc3ccc4cc(F)c(F)cc4c3)cc2)c(F)c1. The molecule has 0 N–H and O–H groups in total. The Morgan fingerprint density at radius 2 is 1.24 bits per heavy atom. The number of halogens is 3. The van der Waals surface area contributed by atoms with Crippen molar-refractivity contribution in [1.82, 2.24) is 0 Å². The van der Waals surface area contributed by atoms with Crippen molar-refractivity contribution in [3.05, 3.63) is 130 Å². The van der Waals surface area contributed by atoms with Crippen molar-refractivity contribution in [3.63, 3.8) is 0 Å². The van der Waals surface area contributed by atoms with Crippen molar-refractivity contribution in [1.29, 1.82) is 0 Å². The molecule has 0 amide bonds. The number of benzene rings is 4. The van der Waals surface area contributed by atoms with Gasteiger partial charge in [0.15, 0.2) is 11.6 Å². The molecule has 0 fully saturated rings. The zero-order chi connectivity index (χ0) is 23.9. The maximum atomic E-state index is 14.3. The van der Waals surface area contributed by atoms with E-state index in [1.165, 1.54) is 12.1 Å². The smallest absolute Gasteiger partial charge is 0.159 e. The average molecular weight is 451 g/mol. The van der Waals surface area contributed by atoms with Crippen LogP contribution in [0.2, 0.25) is 0 Å². The highest BCUT2D eigenvalue weighted by atomic mass is 19.2. The monoisotopic (exact) mass is 450 g/mol. The molecular weight excluding hydrogens is 429 g/mol. The lowest BCUT2D eigenvalue weighted by atomic mass is 10.1. The molecule has 0 aliphatic heterocycles. The summed E-state index contributed by atoms with van der Waals surface area (Å²) in [5.41, 5.74) is 3.56. The van der Waals surface area contributed by atoms with Gasteiger partial charge in [-0.1, -0.05) is 48.0 Å². The first-order chi connectivity index (χ1) is 16.5. The van der Waals surface area contributed by atoms with E-state index in [1.807, 2.05) is 43.3 Å². The summed E-state index contributed by atoms with van der Waals surface area (Å²) in [6.45, 7) is 1.97. The van der Waals surface area contributed by atoms with Crippen LogP contribution in [0.1, 0.15) is 41.2 Å². The van der Waals surface area contributed by atoms with Gasteiger partial charge in [0, 0.05) is 16.7 Å². The van der Waals surface area contributed by atoms with Gasteiger partial charge < -0.3 is 0 Å². The summed E-state index contributed by atoms with van der Waals surface area (Å²) >= 11 is 0. The number of rotatable bonds is 3. The van der Waals surface area contributed by atoms with E-state index in [0.717, 1.165) is 29.5 Å². The molecule has 4 rings (SSSR count). The van der Waals surface area contributed by atoms with Crippen molar-refractivity contribution in [2.24, 2.45) is 0 Å². The van der Waals surface area contributed by atoms with Gasteiger partial charge in [-0.3, -0.25) is 0 Å². The van der Waals surface area contributed by atoms with Crippen molar-refractivity contribution >= 4 is 10.8 Å². The first-order valence-corrected chi connectivity index (χ1v) is 10.9. The van der Waals surface area contributed by atoms with Gasteiger partial charge in [-0.25, -0.2) is 13.2 Å². The van der Waals surface area contributed by atoms with Crippen molar-refractivity contribution < 1.29 is 13.2 Å². The zero-order valence-electron chi connectivity index (χ0n) is 18.6. The van der Waals surface area contributed by atoms with Crippen LogP contribution < -0.4 is 0 Å². The fourth-order valence-electron chi connectivity index (χ4n) is 3.47. The third kappa shape index (κ3) is 5.77. The first-order valence-electron chi connectivity index (χ1n) is 10.9. The average Bonchev–Trinajstić information content (AvgIpc) is 2.84. The minimum Gasteiger partial charge on any atom is -0.206 e. The summed E-state index contributed by atoms with van der Waals surface area (Å²) in [5, 5.41) is 1.21. The lowest BCUT2D eigenvalue weighted by Gasteiger charge is -2.01. The zero-order valence-corrected chi connectivity index (χ0v) is 18.6. The van der Waals surface area contributed by atoms with Gasteiger partial charge in [0.25, 0.3) is 0 Å². The van der Waals surface area contributed by atoms with Gasteiger partial charge in [-0.05, 0) is 96.8 Å². The van der Waals surface area contributed by atoms with Gasteiger partial charge >= 0.3 is 0 Å². The van der Waals surface area contributed by atoms with Gasteiger partial charge in [0.05, 0.1) is 5.56 Å². The van der Waals surface area contributed by atoms with E-state index in [9.17, 15) is 13.2 Å². The summed E-state index contributed by atoms with van der Waals surface area (Å²) in [4.78, 5) is 0. The normalized spacial score (nSPS) is 10.6. The predicted octanol–water partition coefficient (Wildman–Crippen LogP) is 7.57. The summed E-state index contributed by atoms with van der Waals surface area (Å²) in [6, 6.07) is 20.1. The maximum absolute atomic E-state index is 14.3. The minimum absolute atomic E-state index is 0.314. The van der Waals surface area contributed by atoms with E-state index in [4.69, 9.17) is 0 Å². The number of fused-ring (bicyclic) bond motifs is 1. The van der Waals surface area contributed by atoms with Crippen molar-refractivity contribution in [2.75, 3.05) is 0 Å². The quantitative estimate of drug-likeness (QED) is 0.223. The number of hydrogen-bond acceptors (Lipinski definition) is 0. The Hall–Kier alpha value is -4.21. The molecule has 0 heterocycles. The fourth-order valence-corrected chi connectivity index (χ4v) is 3.47. The second-order valence-electron chi connectivity index (χ2n) is 7.83. The van der Waals surface area contributed by atoms with E-state index in [2.05, 4.69) is 29.8 Å². The molecule has 0 aliphatic rings. The van der Waals surface area contributed by atoms with Gasteiger partial charge in [-0.15, -0.1) is 0 Å². The van der Waals surface area contributed by atoms with E-state index < -0.39 is 11.6 Å². The Bertz CT molecular complexity index is 1490. The Morgan fingerprint density at radius 3 is 1.91 bits per heavy atom. The predicted molar refractivity (Wildman–Crippen MR) is 132 cm³/mol. The lowest BCUT2D eigenvalue weighted by molar-refractivity contribution is 0.511. The van der Waals surface area contributed by atoms with Crippen molar-refractivity contribution in [3.8, 4) is 23.7 Å². The molecule has 166 valence electrons. The molecule has 0 unspecified atom stereocenters. The molecule has 0 saturated carbocycles. The number of allylic oxidation sites excluding steroid dienone is 2. The van der Waals surface area contributed by atoms with Gasteiger partial charge in [0.2, 0.25) is 0 Å². The largest absolute Gasteiger partial charge is 0.206 e. The molecule has 4 aromatic rings. The molecule has 0 spiro atoms. The highest BCUT2D eigenvalue weighted by Crippen LogP contribution is 2.20. The molecule has 0 radical (unpaired) electrons. The highest BCUT2D eigenvalue weighted by Gasteiger charge is 2.04. The summed E-state index contributed by atoms with van der Waals surface area (Å²) in [7, 11) is 0. The summed E-state index contributed by atoms with van der Waals surface area (Å²) in [6.07, 6.45) is 5.73. The highest BCUT2D eigenvalue weighted by molar-refractivity contribution is 5.84. The molecule has 3 heteroatoms. The standard InChI is InChI=1S/C31H21F3/c1-2-3-4-5-24-13-16-26(29(32)19-24)15-12-23-8-6-22(7-9-23)10-11-25-14-17-27-20-30(33)31(34)21-28(27)18-25/h2-3,6-9,13-14,16-21H,4-5H2,1H3/b3-2+. The lowest BCUT2D eigenvalue weighted by Crippen LogP contribution is -1.89. The van der Waals surface area contributed by atoms with E-state index in [1.54, 1.807) is 30.3 Å². The van der Waals surface area contributed by atoms with Crippen LogP contribution in [0.5, 0.6) is 0 Å². The second-order valence-corrected chi connectivity index (χ2v) is 7.83. The van der Waals surface area contributed by atoms with E-state index in [0.29, 0.717) is 21.9 Å². The Kier molecular flexibility index (Phi) is 7.16. The van der Waals surface area contributed by atoms with Gasteiger partial charge in [0.1, 0.15) is 5.82 Å². The molecule has 0 aliphatic carbocycles. The topological polar surface area (TPSA) is 0 Å². The Balaban J connectivity index is 1.46. The van der Waals surface area contributed by atoms with Gasteiger partial charge in [-0.2, -0.15) is 0 Å². The Labute approximate surface area is 197 Å². The third-order valence-electron chi connectivity index (χ3n) is 5.33. The van der Waals surface area contributed by atoms with Crippen LogP contribution in [-0.2, 0) is 6.42 Å². The van der Waals surface area contributed by atoms with Crippen LogP contribution in [0.4, 0.5) is 13.2 Å². The van der Waals surface area contributed by atoms with Crippen LogP contribution >= 0.6 is 0 Å². The van der Waals surface area contributed by atoms with Crippen LogP contribution in [0.25, 0.3) is 10.8 Å². The van der Waals surface area contributed by atoms with Crippen LogP contribution in [0, 0.1) is 41.1 Å². The summed E-state index contributed by atoms with van der Waals surface area (Å²) in [5.74, 6) is 9.92. The molecule has 0 bridgehead atoms. The van der Waals surface area contributed by atoms with Crippen molar-refractivity contribution in [2.45, 2.75) is 19.8 Å². The fraction of sp³-hybridized carbons (Fsp3) is 0.0968. The first kappa shape index (κ1) is 23.0. The van der Waals surface area contributed by atoms with Crippen LogP contribution in [-0.4, -0.2) is 0 Å². The van der Waals surface area contributed by atoms with E-state index in [-0.39, 0.29) is 5.82 Å². The van der Waals surface area contributed by atoms with Crippen LogP contribution in [0.3, 0.4) is 0 Å². The minimum atomic E-state index is -0.880. The number of aryl methyl sites for hydroxylation is 1. The second kappa shape index (κ2) is 10.6. The molecule has 0 nitrogen and oxygen atoms in total. The molecule has 0 aromatic heterocycles.